The Labute approximate surface area is 113 Å². The van der Waals surface area contributed by atoms with Crippen LogP contribution in [0.4, 0.5) is 0 Å². The van der Waals surface area contributed by atoms with Crippen LogP contribution in [0.2, 0.25) is 0 Å². The van der Waals surface area contributed by atoms with E-state index in [0.717, 1.165) is 6.54 Å². The number of thiophene rings is 1. The number of aromatic nitrogens is 2. The van der Waals surface area contributed by atoms with Crippen LogP contribution in [0.1, 0.15) is 44.3 Å². The van der Waals surface area contributed by atoms with E-state index >= 15 is 0 Å². The van der Waals surface area contributed by atoms with Gasteiger partial charge in [0.25, 0.3) is 0 Å². The lowest BCUT2D eigenvalue weighted by Crippen LogP contribution is -2.35. The summed E-state index contributed by atoms with van der Waals surface area (Å²) >= 11 is 1.79. The molecule has 98 valence electrons. The minimum atomic E-state index is 0.126. The normalized spacial score (nSPS) is 13.8. The Bertz CT molecular complexity index is 479. The summed E-state index contributed by atoms with van der Waals surface area (Å²) < 4.78 is 2.24. The Morgan fingerprint density at radius 3 is 2.83 bits per heavy atom. The number of hydrogen-bond donors (Lipinski definition) is 1. The van der Waals surface area contributed by atoms with E-state index in [4.69, 9.17) is 0 Å². The van der Waals surface area contributed by atoms with E-state index in [1.54, 1.807) is 11.3 Å². The second-order valence-electron chi connectivity index (χ2n) is 5.59. The zero-order valence-electron chi connectivity index (χ0n) is 11.5. The van der Waals surface area contributed by atoms with Crippen LogP contribution in [-0.4, -0.2) is 15.1 Å². The second-order valence-corrected chi connectivity index (χ2v) is 6.57. The van der Waals surface area contributed by atoms with Gasteiger partial charge < -0.3 is 9.88 Å². The molecule has 18 heavy (non-hydrogen) atoms. The van der Waals surface area contributed by atoms with Gasteiger partial charge in [-0.25, -0.2) is 4.98 Å². The van der Waals surface area contributed by atoms with Crippen molar-refractivity contribution < 1.29 is 0 Å². The van der Waals surface area contributed by atoms with Gasteiger partial charge in [-0.3, -0.25) is 0 Å². The molecule has 0 aliphatic carbocycles. The fourth-order valence-electron chi connectivity index (χ4n) is 1.84. The number of rotatable bonds is 4. The first-order chi connectivity index (χ1) is 8.47. The molecule has 0 saturated carbocycles. The van der Waals surface area contributed by atoms with Crippen molar-refractivity contribution in [2.75, 3.05) is 0 Å². The van der Waals surface area contributed by atoms with Crippen LogP contribution in [0, 0.1) is 0 Å². The minimum absolute atomic E-state index is 0.126. The molecular formula is C14H21N3S. The molecule has 3 nitrogen and oxygen atoms in total. The van der Waals surface area contributed by atoms with E-state index in [0.29, 0.717) is 6.04 Å². The lowest BCUT2D eigenvalue weighted by Gasteiger charge is -2.22. The SMILES string of the molecule is CC(c1cccs1)n1cncc1CNC(C)(C)C. The fourth-order valence-corrected chi connectivity index (χ4v) is 2.62. The summed E-state index contributed by atoms with van der Waals surface area (Å²) in [6.07, 6.45) is 3.87. The average Bonchev–Trinajstić information content (AvgIpc) is 2.95. The molecule has 0 aromatic carbocycles. The topological polar surface area (TPSA) is 29.9 Å². The van der Waals surface area contributed by atoms with Gasteiger partial charge in [-0.2, -0.15) is 0 Å². The number of nitrogens with zero attached hydrogens (tertiary/aromatic N) is 2. The van der Waals surface area contributed by atoms with Crippen LogP contribution in [0.15, 0.2) is 30.0 Å². The summed E-state index contributed by atoms with van der Waals surface area (Å²) in [4.78, 5) is 5.65. The van der Waals surface area contributed by atoms with Gasteiger partial charge in [-0.15, -0.1) is 11.3 Å². The second kappa shape index (κ2) is 5.24. The molecule has 4 heteroatoms. The molecule has 0 aliphatic rings. The standard InChI is InChI=1S/C14H21N3S/c1-11(13-6-5-7-18-13)17-10-15-8-12(17)9-16-14(2,3)4/h5-8,10-11,16H,9H2,1-4H3. The van der Waals surface area contributed by atoms with E-state index in [2.05, 4.69) is 60.1 Å². The van der Waals surface area contributed by atoms with Crippen molar-refractivity contribution >= 4 is 11.3 Å². The van der Waals surface area contributed by atoms with Crippen LogP contribution in [-0.2, 0) is 6.54 Å². The predicted molar refractivity (Wildman–Crippen MR) is 77.0 cm³/mol. The van der Waals surface area contributed by atoms with Crippen molar-refractivity contribution in [3.63, 3.8) is 0 Å². The third kappa shape index (κ3) is 3.21. The van der Waals surface area contributed by atoms with Gasteiger partial charge in [0.05, 0.1) is 18.1 Å². The molecule has 0 radical (unpaired) electrons. The van der Waals surface area contributed by atoms with Crippen molar-refractivity contribution in [1.82, 2.24) is 14.9 Å². The highest BCUT2D eigenvalue weighted by molar-refractivity contribution is 7.10. The lowest BCUT2D eigenvalue weighted by atomic mass is 10.1. The first kappa shape index (κ1) is 13.3. The van der Waals surface area contributed by atoms with Gasteiger partial charge in [0, 0.05) is 23.2 Å². The highest BCUT2D eigenvalue weighted by Crippen LogP contribution is 2.23. The summed E-state index contributed by atoms with van der Waals surface area (Å²) in [5.41, 5.74) is 1.35. The molecule has 1 N–H and O–H groups in total. The quantitative estimate of drug-likeness (QED) is 0.915. The molecule has 0 aliphatic heterocycles. The summed E-state index contributed by atoms with van der Waals surface area (Å²) in [6, 6.07) is 4.63. The molecule has 0 bridgehead atoms. The maximum atomic E-state index is 4.28. The molecule has 0 spiro atoms. The summed E-state index contributed by atoms with van der Waals surface area (Å²) in [5.74, 6) is 0. The molecule has 0 fully saturated rings. The molecular weight excluding hydrogens is 242 g/mol. The van der Waals surface area contributed by atoms with Gasteiger partial charge in [-0.1, -0.05) is 6.07 Å². The van der Waals surface area contributed by atoms with Crippen LogP contribution >= 0.6 is 11.3 Å². The van der Waals surface area contributed by atoms with E-state index in [9.17, 15) is 0 Å². The van der Waals surface area contributed by atoms with Crippen LogP contribution in [0.25, 0.3) is 0 Å². The van der Waals surface area contributed by atoms with Crippen molar-refractivity contribution in [3.8, 4) is 0 Å². The third-order valence-corrected chi connectivity index (χ3v) is 3.96. The van der Waals surface area contributed by atoms with E-state index in [1.165, 1.54) is 10.6 Å². The molecule has 1 atom stereocenters. The predicted octanol–water partition coefficient (Wildman–Crippen LogP) is 3.44. The highest BCUT2D eigenvalue weighted by Gasteiger charge is 2.14. The summed E-state index contributed by atoms with van der Waals surface area (Å²) in [5, 5.41) is 5.63. The molecule has 0 saturated heterocycles. The molecule has 1 unspecified atom stereocenters. The van der Waals surface area contributed by atoms with Gasteiger partial charge in [0.15, 0.2) is 0 Å². The zero-order valence-corrected chi connectivity index (χ0v) is 12.3. The van der Waals surface area contributed by atoms with Crippen molar-refractivity contribution in [2.24, 2.45) is 0 Å². The smallest absolute Gasteiger partial charge is 0.0954 e. The summed E-state index contributed by atoms with van der Waals surface area (Å²) in [6.45, 7) is 9.59. The number of nitrogens with one attached hydrogen (secondary N) is 1. The maximum Gasteiger partial charge on any atom is 0.0954 e. The van der Waals surface area contributed by atoms with Gasteiger partial charge in [0.1, 0.15) is 0 Å². The minimum Gasteiger partial charge on any atom is -0.325 e. The fraction of sp³-hybridized carbons (Fsp3) is 0.500. The molecule has 2 heterocycles. The monoisotopic (exact) mass is 263 g/mol. The van der Waals surface area contributed by atoms with E-state index in [-0.39, 0.29) is 5.54 Å². The number of imidazole rings is 1. The zero-order chi connectivity index (χ0) is 13.2. The van der Waals surface area contributed by atoms with Crippen LogP contribution in [0.3, 0.4) is 0 Å². The molecule has 0 amide bonds. The Kier molecular flexibility index (Phi) is 3.88. The van der Waals surface area contributed by atoms with Crippen LogP contribution in [0.5, 0.6) is 0 Å². The van der Waals surface area contributed by atoms with Crippen molar-refractivity contribution in [3.05, 3.63) is 40.6 Å². The van der Waals surface area contributed by atoms with Crippen LogP contribution < -0.4 is 5.32 Å². The maximum absolute atomic E-state index is 4.28. The first-order valence-electron chi connectivity index (χ1n) is 6.26. The lowest BCUT2D eigenvalue weighted by molar-refractivity contribution is 0.413. The first-order valence-corrected chi connectivity index (χ1v) is 7.14. The molecule has 2 rings (SSSR count). The van der Waals surface area contributed by atoms with E-state index < -0.39 is 0 Å². The average molecular weight is 263 g/mol. The summed E-state index contributed by atoms with van der Waals surface area (Å²) in [7, 11) is 0. The Morgan fingerprint density at radius 1 is 1.44 bits per heavy atom. The largest absolute Gasteiger partial charge is 0.325 e. The van der Waals surface area contributed by atoms with Gasteiger partial charge in [-0.05, 0) is 39.1 Å². The molecule has 2 aromatic rings. The van der Waals surface area contributed by atoms with Crippen molar-refractivity contribution in [1.29, 1.82) is 0 Å². The Balaban J connectivity index is 2.13. The third-order valence-electron chi connectivity index (χ3n) is 2.92. The van der Waals surface area contributed by atoms with Gasteiger partial charge in [0.2, 0.25) is 0 Å². The van der Waals surface area contributed by atoms with Crippen molar-refractivity contribution in [2.45, 2.75) is 45.8 Å². The Morgan fingerprint density at radius 2 is 2.22 bits per heavy atom. The van der Waals surface area contributed by atoms with Gasteiger partial charge >= 0.3 is 0 Å². The highest BCUT2D eigenvalue weighted by atomic mass is 32.1. The molecule has 2 aromatic heterocycles. The Hall–Kier alpha value is -1.13. The van der Waals surface area contributed by atoms with E-state index in [1.807, 2.05) is 12.5 Å². The number of hydrogen-bond acceptors (Lipinski definition) is 3.